The van der Waals surface area contributed by atoms with Crippen molar-refractivity contribution in [3.63, 3.8) is 0 Å². The highest BCUT2D eigenvalue weighted by atomic mass is 35.5. The van der Waals surface area contributed by atoms with Gasteiger partial charge in [0.1, 0.15) is 11.6 Å². The Kier molecular flexibility index (Phi) is 6.09. The Morgan fingerprint density at radius 1 is 1.28 bits per heavy atom. The molecule has 0 saturated heterocycles. The van der Waals surface area contributed by atoms with Gasteiger partial charge in [0.2, 0.25) is 0 Å². The van der Waals surface area contributed by atoms with Crippen LogP contribution < -0.4 is 4.74 Å². The van der Waals surface area contributed by atoms with E-state index in [4.69, 9.17) is 25.4 Å². The summed E-state index contributed by atoms with van der Waals surface area (Å²) in [5.41, 5.74) is 0. The van der Waals surface area contributed by atoms with E-state index in [9.17, 15) is 8.96 Å². The molecule has 0 N–H and O–H groups in total. The molecule has 0 heterocycles. The Balaban J connectivity index is 2.69. The Labute approximate surface area is 111 Å². The fourth-order valence-corrected chi connectivity index (χ4v) is 2.78. The van der Waals surface area contributed by atoms with Crippen molar-refractivity contribution in [3.05, 3.63) is 29.0 Å². The third-order valence-corrected chi connectivity index (χ3v) is 3.97. The lowest BCUT2D eigenvalue weighted by Gasteiger charge is -2.17. The van der Waals surface area contributed by atoms with Gasteiger partial charge in [0.15, 0.2) is 6.35 Å². The van der Waals surface area contributed by atoms with Crippen LogP contribution in [0.5, 0.6) is 5.75 Å². The average Bonchev–Trinajstić information content (AvgIpc) is 2.28. The molecule has 0 saturated carbocycles. The van der Waals surface area contributed by atoms with Crippen LogP contribution >= 0.6 is 19.2 Å². The largest absolute Gasteiger partial charge is 0.479 e. The number of benzene rings is 1. The van der Waals surface area contributed by atoms with Crippen LogP contribution in [0, 0.1) is 5.82 Å². The maximum atomic E-state index is 12.8. The van der Waals surface area contributed by atoms with Crippen LogP contribution in [0.25, 0.3) is 0 Å². The molecule has 0 aromatic heterocycles. The molecule has 0 bridgehead atoms. The molecule has 18 heavy (non-hydrogen) atoms. The summed E-state index contributed by atoms with van der Waals surface area (Å²) >= 11 is 5.78. The molecule has 0 aliphatic carbocycles. The monoisotopic (exact) mass is 296 g/mol. The van der Waals surface area contributed by atoms with Crippen molar-refractivity contribution in [1.82, 2.24) is 0 Å². The van der Waals surface area contributed by atoms with Gasteiger partial charge in [-0.2, -0.15) is 0 Å². The van der Waals surface area contributed by atoms with Gasteiger partial charge in [0, 0.05) is 0 Å². The number of hydrogen-bond donors (Lipinski definition) is 0. The Morgan fingerprint density at radius 2 is 1.89 bits per heavy atom. The fourth-order valence-electron chi connectivity index (χ4n) is 1.25. The van der Waals surface area contributed by atoms with E-state index >= 15 is 0 Å². The molecule has 0 atom stereocenters. The van der Waals surface area contributed by atoms with Crippen LogP contribution in [0.2, 0.25) is 5.02 Å². The van der Waals surface area contributed by atoms with Gasteiger partial charge >= 0.3 is 7.60 Å². The van der Waals surface area contributed by atoms with Gasteiger partial charge in [-0.25, -0.2) is 4.39 Å². The third-order valence-electron chi connectivity index (χ3n) is 1.92. The number of hydrogen-bond acceptors (Lipinski definition) is 4. The minimum Gasteiger partial charge on any atom is -0.479 e. The van der Waals surface area contributed by atoms with Gasteiger partial charge in [0.05, 0.1) is 18.2 Å². The summed E-state index contributed by atoms with van der Waals surface area (Å²) in [6.07, 6.45) is -0.264. The predicted octanol–water partition coefficient (Wildman–Crippen LogP) is 4.08. The van der Waals surface area contributed by atoms with Gasteiger partial charge in [-0.15, -0.1) is 0 Å². The Bertz CT molecular complexity index is 431. The van der Waals surface area contributed by atoms with Crippen LogP contribution in [0.3, 0.4) is 0 Å². The van der Waals surface area contributed by atoms with Gasteiger partial charge in [-0.3, -0.25) is 4.57 Å². The lowest BCUT2D eigenvalue weighted by molar-refractivity contribution is 0.197. The maximum Gasteiger partial charge on any atom is 0.367 e. The van der Waals surface area contributed by atoms with E-state index in [1.54, 1.807) is 13.8 Å². The lowest BCUT2D eigenvalue weighted by atomic mass is 10.3. The molecule has 0 radical (unpaired) electrons. The normalized spacial score (nSPS) is 11.6. The molecule has 102 valence electrons. The van der Waals surface area contributed by atoms with Crippen molar-refractivity contribution >= 4 is 19.2 Å². The fraction of sp³-hybridized carbons (Fsp3) is 0.455. The molecular formula is C11H15ClFO4P. The zero-order valence-electron chi connectivity index (χ0n) is 10.2. The van der Waals surface area contributed by atoms with E-state index in [0.29, 0.717) is 0 Å². The summed E-state index contributed by atoms with van der Waals surface area (Å²) in [7, 11) is -3.29. The van der Waals surface area contributed by atoms with E-state index in [-0.39, 0.29) is 30.3 Å². The smallest absolute Gasteiger partial charge is 0.367 e. The standard InChI is InChI=1S/C11H15ClFO4P/c1-3-16-18(14,17-4-2)8-15-11-6-5-9(13)7-10(11)12/h5-7H,3-4,8H2,1-2H3. The lowest BCUT2D eigenvalue weighted by Crippen LogP contribution is -2.06. The summed E-state index contributed by atoms with van der Waals surface area (Å²) in [6, 6.07) is 3.68. The molecule has 0 fully saturated rings. The minimum absolute atomic E-state index is 0.106. The zero-order chi connectivity index (χ0) is 13.6. The number of rotatable bonds is 7. The SMILES string of the molecule is CCOP(=O)(COc1ccc(F)cc1Cl)OCC. The molecule has 0 aliphatic heterocycles. The van der Waals surface area contributed by atoms with Gasteiger partial charge in [-0.05, 0) is 32.0 Å². The van der Waals surface area contributed by atoms with Gasteiger partial charge in [0.25, 0.3) is 0 Å². The van der Waals surface area contributed by atoms with Crippen molar-refractivity contribution in [2.24, 2.45) is 0 Å². The van der Waals surface area contributed by atoms with Crippen LogP contribution in [0.1, 0.15) is 13.8 Å². The highest BCUT2D eigenvalue weighted by Gasteiger charge is 2.25. The molecule has 0 amide bonds. The molecule has 1 aromatic carbocycles. The van der Waals surface area contributed by atoms with Crippen molar-refractivity contribution in [2.75, 3.05) is 19.6 Å². The first-order valence-corrected chi connectivity index (χ1v) is 7.57. The summed E-state index contributed by atoms with van der Waals surface area (Å²) in [5, 5.41) is 0.106. The van der Waals surface area contributed by atoms with E-state index < -0.39 is 13.4 Å². The first kappa shape index (κ1) is 15.4. The molecule has 1 aromatic rings. The summed E-state index contributed by atoms with van der Waals surface area (Å²) < 4.78 is 40.2. The van der Waals surface area contributed by atoms with Crippen molar-refractivity contribution in [1.29, 1.82) is 0 Å². The first-order chi connectivity index (χ1) is 8.50. The van der Waals surface area contributed by atoms with Gasteiger partial charge < -0.3 is 13.8 Å². The minimum atomic E-state index is -3.29. The molecule has 0 aliphatic rings. The average molecular weight is 297 g/mol. The molecule has 0 spiro atoms. The van der Waals surface area contributed by atoms with E-state index in [0.717, 1.165) is 6.07 Å². The Morgan fingerprint density at radius 3 is 2.39 bits per heavy atom. The maximum absolute atomic E-state index is 12.8. The summed E-state index contributed by atoms with van der Waals surface area (Å²) in [4.78, 5) is 0. The topological polar surface area (TPSA) is 44.8 Å². The quantitative estimate of drug-likeness (QED) is 0.711. The summed E-state index contributed by atoms with van der Waals surface area (Å²) in [5.74, 6) is -0.233. The molecule has 0 unspecified atom stereocenters. The third kappa shape index (κ3) is 4.58. The number of halogens is 2. The second kappa shape index (κ2) is 7.10. The van der Waals surface area contributed by atoms with E-state index in [1.165, 1.54) is 12.1 Å². The van der Waals surface area contributed by atoms with Crippen LogP contribution in [-0.4, -0.2) is 19.6 Å². The second-order valence-corrected chi connectivity index (χ2v) is 5.70. The second-order valence-electron chi connectivity index (χ2n) is 3.29. The molecule has 1 rings (SSSR count). The molecule has 4 nitrogen and oxygen atoms in total. The zero-order valence-corrected chi connectivity index (χ0v) is 11.8. The predicted molar refractivity (Wildman–Crippen MR) is 67.8 cm³/mol. The molecule has 7 heteroatoms. The van der Waals surface area contributed by atoms with Crippen molar-refractivity contribution in [3.8, 4) is 5.75 Å². The Hall–Kier alpha value is -0.610. The van der Waals surface area contributed by atoms with E-state index in [1.807, 2.05) is 0 Å². The summed E-state index contributed by atoms with van der Waals surface area (Å²) in [6.45, 7) is 3.91. The van der Waals surface area contributed by atoms with Gasteiger partial charge in [-0.1, -0.05) is 11.6 Å². The number of ether oxygens (including phenoxy) is 1. The van der Waals surface area contributed by atoms with Crippen LogP contribution in [0.15, 0.2) is 18.2 Å². The van der Waals surface area contributed by atoms with Crippen LogP contribution in [0.4, 0.5) is 4.39 Å². The van der Waals surface area contributed by atoms with Crippen molar-refractivity contribution in [2.45, 2.75) is 13.8 Å². The molecular weight excluding hydrogens is 282 g/mol. The van der Waals surface area contributed by atoms with Crippen molar-refractivity contribution < 1.29 is 22.7 Å². The highest BCUT2D eigenvalue weighted by molar-refractivity contribution is 7.53. The highest BCUT2D eigenvalue weighted by Crippen LogP contribution is 2.48. The first-order valence-electron chi connectivity index (χ1n) is 5.46. The van der Waals surface area contributed by atoms with Crippen LogP contribution in [-0.2, 0) is 13.6 Å². The van der Waals surface area contributed by atoms with E-state index in [2.05, 4.69) is 0 Å².